The standard InChI is InChI=1S/C23H38N2O9/c26-15-7-13-24(14-17-33-23-18(27)8-6-16-32-23)19(28)9-4-2-1-3-5-10-22(31)34-25-20(29)11-12-21(25)30/h18,23,26-27H,1-17H2. The summed E-state index contributed by atoms with van der Waals surface area (Å²) in [6.07, 6.45) is 5.02. The first-order chi connectivity index (χ1) is 16.4. The number of aliphatic hydroxyl groups is 2. The van der Waals surface area contributed by atoms with E-state index < -0.39 is 30.2 Å². The fraction of sp³-hybridized carbons (Fsp3) is 0.826. The maximum Gasteiger partial charge on any atom is 0.333 e. The van der Waals surface area contributed by atoms with E-state index in [0.29, 0.717) is 56.9 Å². The maximum absolute atomic E-state index is 12.6. The van der Waals surface area contributed by atoms with Gasteiger partial charge >= 0.3 is 5.97 Å². The van der Waals surface area contributed by atoms with Crippen molar-refractivity contribution in [1.82, 2.24) is 9.96 Å². The van der Waals surface area contributed by atoms with Gasteiger partial charge in [0.05, 0.1) is 6.61 Å². The Morgan fingerprint density at radius 1 is 1.00 bits per heavy atom. The highest BCUT2D eigenvalue weighted by molar-refractivity contribution is 6.01. The fourth-order valence-corrected chi connectivity index (χ4v) is 3.84. The van der Waals surface area contributed by atoms with Crippen molar-refractivity contribution in [1.29, 1.82) is 0 Å². The third kappa shape index (κ3) is 10.0. The van der Waals surface area contributed by atoms with Crippen LogP contribution in [-0.2, 0) is 33.5 Å². The highest BCUT2D eigenvalue weighted by Gasteiger charge is 2.32. The van der Waals surface area contributed by atoms with Crippen molar-refractivity contribution in [2.45, 2.75) is 89.4 Å². The van der Waals surface area contributed by atoms with Gasteiger partial charge < -0.3 is 29.4 Å². The summed E-state index contributed by atoms with van der Waals surface area (Å²) >= 11 is 0. The number of ether oxygens (including phenoxy) is 2. The SMILES string of the molecule is O=C(CCCCCCCC(=O)N(CCCO)CCOC1OCCCC1O)ON1C(=O)CCC1=O. The topological polar surface area (TPSA) is 143 Å². The van der Waals surface area contributed by atoms with Gasteiger partial charge in [-0.1, -0.05) is 19.3 Å². The lowest BCUT2D eigenvalue weighted by Gasteiger charge is -2.29. The molecule has 0 aromatic rings. The van der Waals surface area contributed by atoms with Crippen LogP contribution < -0.4 is 0 Å². The summed E-state index contributed by atoms with van der Waals surface area (Å²) in [5, 5.41) is 19.6. The van der Waals surface area contributed by atoms with Crippen LogP contribution in [0.4, 0.5) is 0 Å². The summed E-state index contributed by atoms with van der Waals surface area (Å²) in [5.41, 5.74) is 0. The van der Waals surface area contributed by atoms with Crippen LogP contribution in [0.25, 0.3) is 0 Å². The molecule has 0 bridgehead atoms. The second-order valence-electron chi connectivity index (χ2n) is 8.59. The maximum atomic E-state index is 12.6. The smallest absolute Gasteiger partial charge is 0.333 e. The van der Waals surface area contributed by atoms with Crippen LogP contribution in [0.2, 0.25) is 0 Å². The molecular formula is C23H38N2O9. The predicted molar refractivity (Wildman–Crippen MR) is 119 cm³/mol. The lowest BCUT2D eigenvalue weighted by Crippen LogP contribution is -2.40. The number of carbonyl (C=O) groups is 4. The molecule has 0 saturated carbocycles. The zero-order chi connectivity index (χ0) is 24.8. The lowest BCUT2D eigenvalue weighted by atomic mass is 10.1. The molecule has 2 fully saturated rings. The first-order valence-corrected chi connectivity index (χ1v) is 12.3. The van der Waals surface area contributed by atoms with Crippen molar-refractivity contribution in [3.05, 3.63) is 0 Å². The Bertz CT molecular complexity index is 657. The minimum atomic E-state index is -0.655. The van der Waals surface area contributed by atoms with Crippen LogP contribution in [0.15, 0.2) is 0 Å². The van der Waals surface area contributed by atoms with Crippen molar-refractivity contribution in [3.63, 3.8) is 0 Å². The molecule has 2 aliphatic heterocycles. The van der Waals surface area contributed by atoms with E-state index in [9.17, 15) is 24.3 Å². The number of imide groups is 1. The van der Waals surface area contributed by atoms with Crippen molar-refractivity contribution in [2.24, 2.45) is 0 Å². The first-order valence-electron chi connectivity index (χ1n) is 12.3. The van der Waals surface area contributed by atoms with E-state index in [2.05, 4.69) is 0 Å². The van der Waals surface area contributed by atoms with E-state index >= 15 is 0 Å². The highest BCUT2D eigenvalue weighted by Crippen LogP contribution is 2.16. The number of hydrogen-bond acceptors (Lipinski definition) is 9. The van der Waals surface area contributed by atoms with Gasteiger partial charge in [-0.25, -0.2) is 4.79 Å². The van der Waals surface area contributed by atoms with Gasteiger partial charge in [-0.3, -0.25) is 14.4 Å². The lowest BCUT2D eigenvalue weighted by molar-refractivity contribution is -0.215. The summed E-state index contributed by atoms with van der Waals surface area (Å²) < 4.78 is 11.0. The molecule has 34 heavy (non-hydrogen) atoms. The van der Waals surface area contributed by atoms with Gasteiger partial charge in [-0.2, -0.15) is 0 Å². The van der Waals surface area contributed by atoms with Gasteiger partial charge in [-0.05, 0) is 32.1 Å². The molecule has 2 aliphatic rings. The van der Waals surface area contributed by atoms with Crippen LogP contribution >= 0.6 is 0 Å². The Labute approximate surface area is 200 Å². The van der Waals surface area contributed by atoms with Crippen LogP contribution in [0.3, 0.4) is 0 Å². The van der Waals surface area contributed by atoms with Crippen LogP contribution in [0.1, 0.15) is 77.0 Å². The van der Waals surface area contributed by atoms with Gasteiger partial charge in [0.1, 0.15) is 6.10 Å². The second kappa shape index (κ2) is 15.8. The highest BCUT2D eigenvalue weighted by atomic mass is 16.7. The molecule has 0 radical (unpaired) electrons. The number of unbranched alkanes of at least 4 members (excludes halogenated alkanes) is 4. The van der Waals surface area contributed by atoms with E-state index in [-0.39, 0.29) is 38.4 Å². The number of carbonyl (C=O) groups excluding carboxylic acids is 4. The van der Waals surface area contributed by atoms with E-state index in [1.54, 1.807) is 4.90 Å². The third-order valence-corrected chi connectivity index (χ3v) is 5.79. The zero-order valence-electron chi connectivity index (χ0n) is 19.8. The Morgan fingerprint density at radius 2 is 1.68 bits per heavy atom. The Morgan fingerprint density at radius 3 is 2.35 bits per heavy atom. The minimum absolute atomic E-state index is 0.00238. The van der Waals surface area contributed by atoms with Crippen LogP contribution in [0, 0.1) is 0 Å². The molecule has 194 valence electrons. The molecule has 11 nitrogen and oxygen atoms in total. The molecule has 0 aliphatic carbocycles. The molecule has 2 atom stereocenters. The van der Waals surface area contributed by atoms with Crippen molar-refractivity contribution >= 4 is 23.7 Å². The fourth-order valence-electron chi connectivity index (χ4n) is 3.84. The van der Waals surface area contributed by atoms with E-state index in [4.69, 9.17) is 19.4 Å². The van der Waals surface area contributed by atoms with Gasteiger partial charge in [0.25, 0.3) is 11.8 Å². The zero-order valence-corrected chi connectivity index (χ0v) is 19.8. The van der Waals surface area contributed by atoms with Gasteiger partial charge in [0.2, 0.25) is 5.91 Å². The van der Waals surface area contributed by atoms with Gasteiger partial charge in [0, 0.05) is 52.0 Å². The molecule has 3 amide bonds. The molecule has 2 rings (SSSR count). The largest absolute Gasteiger partial charge is 0.396 e. The van der Waals surface area contributed by atoms with Crippen LogP contribution in [-0.4, -0.2) is 89.2 Å². The number of amides is 3. The number of rotatable bonds is 16. The Hall–Kier alpha value is -2.08. The second-order valence-corrected chi connectivity index (χ2v) is 8.59. The summed E-state index contributed by atoms with van der Waals surface area (Å²) in [4.78, 5) is 53.7. The molecule has 2 N–H and O–H groups in total. The average Bonchev–Trinajstić information content (AvgIpc) is 3.13. The molecule has 0 spiro atoms. The number of hydrogen-bond donors (Lipinski definition) is 2. The summed E-state index contributed by atoms with van der Waals surface area (Å²) in [6, 6.07) is 0. The molecule has 2 unspecified atom stereocenters. The Balaban J connectivity index is 1.55. The average molecular weight is 487 g/mol. The quantitative estimate of drug-likeness (QED) is 0.242. The molecule has 2 saturated heterocycles. The van der Waals surface area contributed by atoms with Crippen LogP contribution in [0.5, 0.6) is 0 Å². The summed E-state index contributed by atoms with van der Waals surface area (Å²) in [6.45, 7) is 1.61. The van der Waals surface area contributed by atoms with Gasteiger partial charge in [0.15, 0.2) is 6.29 Å². The van der Waals surface area contributed by atoms with E-state index in [1.165, 1.54) is 0 Å². The number of aliphatic hydroxyl groups excluding tert-OH is 2. The monoisotopic (exact) mass is 486 g/mol. The molecule has 11 heteroatoms. The summed E-state index contributed by atoms with van der Waals surface area (Å²) in [7, 11) is 0. The Kier molecular flexibility index (Phi) is 13.0. The third-order valence-electron chi connectivity index (χ3n) is 5.79. The van der Waals surface area contributed by atoms with Crippen molar-refractivity contribution in [2.75, 3.05) is 32.9 Å². The van der Waals surface area contributed by atoms with E-state index in [1.807, 2.05) is 0 Å². The minimum Gasteiger partial charge on any atom is -0.396 e. The normalized spacial score (nSPS) is 20.6. The van der Waals surface area contributed by atoms with E-state index in [0.717, 1.165) is 25.7 Å². The molecular weight excluding hydrogens is 448 g/mol. The first kappa shape index (κ1) is 28.2. The predicted octanol–water partition coefficient (Wildman–Crippen LogP) is 1.05. The molecule has 0 aromatic heterocycles. The number of hydroxylamine groups is 2. The summed E-state index contributed by atoms with van der Waals surface area (Å²) in [5.74, 6) is -1.57. The van der Waals surface area contributed by atoms with Crippen molar-refractivity contribution < 1.29 is 43.7 Å². The van der Waals surface area contributed by atoms with Gasteiger partial charge in [-0.15, -0.1) is 5.06 Å². The molecule has 2 heterocycles. The number of nitrogens with zero attached hydrogens (tertiary/aromatic N) is 2. The molecule has 0 aromatic carbocycles. The van der Waals surface area contributed by atoms with Crippen molar-refractivity contribution in [3.8, 4) is 0 Å².